The smallest absolute Gasteiger partial charge is 0.224 e. The second kappa shape index (κ2) is 9.15. The van der Waals surface area contributed by atoms with E-state index in [0.29, 0.717) is 25.9 Å². The van der Waals surface area contributed by atoms with Gasteiger partial charge in [-0.15, -0.1) is 0 Å². The normalized spacial score (nSPS) is 9.58. The summed E-state index contributed by atoms with van der Waals surface area (Å²) in [5.74, 6) is 5.74. The van der Waals surface area contributed by atoms with Crippen LogP contribution in [0.3, 0.4) is 0 Å². The molecule has 0 aromatic heterocycles. The van der Waals surface area contributed by atoms with E-state index in [-0.39, 0.29) is 12.5 Å². The van der Waals surface area contributed by atoms with E-state index >= 15 is 0 Å². The molecule has 0 atom stereocenters. The number of methoxy groups -OCH3 is 1. The van der Waals surface area contributed by atoms with Crippen LogP contribution in [0.5, 0.6) is 0 Å². The van der Waals surface area contributed by atoms with Crippen LogP contribution in [0.4, 0.5) is 5.69 Å². The van der Waals surface area contributed by atoms with Crippen molar-refractivity contribution in [2.75, 3.05) is 25.6 Å². The van der Waals surface area contributed by atoms with Gasteiger partial charge in [-0.2, -0.15) is 0 Å². The summed E-state index contributed by atoms with van der Waals surface area (Å²) in [5.41, 5.74) is 1.56. The minimum Gasteiger partial charge on any atom is -0.395 e. The van der Waals surface area contributed by atoms with Gasteiger partial charge in [0.25, 0.3) is 0 Å². The van der Waals surface area contributed by atoms with E-state index in [2.05, 4.69) is 17.2 Å². The van der Waals surface area contributed by atoms with Crippen LogP contribution in [0.15, 0.2) is 24.3 Å². The number of anilines is 1. The van der Waals surface area contributed by atoms with Gasteiger partial charge in [0.1, 0.15) is 0 Å². The van der Waals surface area contributed by atoms with Crippen LogP contribution in [0.25, 0.3) is 0 Å². The summed E-state index contributed by atoms with van der Waals surface area (Å²) in [6.45, 7) is 0.642. The van der Waals surface area contributed by atoms with E-state index in [4.69, 9.17) is 9.84 Å². The Bertz CT molecular complexity index is 460. The molecule has 0 aliphatic heterocycles. The lowest BCUT2D eigenvalue weighted by Gasteiger charge is -2.05. The van der Waals surface area contributed by atoms with Gasteiger partial charge in [-0.05, 0) is 24.6 Å². The third kappa shape index (κ3) is 6.61. The zero-order chi connectivity index (χ0) is 13.9. The van der Waals surface area contributed by atoms with Gasteiger partial charge in [-0.25, -0.2) is 0 Å². The van der Waals surface area contributed by atoms with E-state index < -0.39 is 0 Å². The molecule has 0 fully saturated rings. The largest absolute Gasteiger partial charge is 0.395 e. The van der Waals surface area contributed by atoms with E-state index in [0.717, 1.165) is 11.3 Å². The predicted molar refractivity (Wildman–Crippen MR) is 74.8 cm³/mol. The molecular formula is C15H19NO3. The summed E-state index contributed by atoms with van der Waals surface area (Å²) in [4.78, 5) is 11.6. The molecule has 0 heterocycles. The maximum absolute atomic E-state index is 11.6. The third-order valence-corrected chi connectivity index (χ3v) is 2.37. The molecule has 2 N–H and O–H groups in total. The van der Waals surface area contributed by atoms with E-state index in [1.807, 2.05) is 24.3 Å². The van der Waals surface area contributed by atoms with Crippen LogP contribution < -0.4 is 5.32 Å². The Morgan fingerprint density at radius 1 is 1.47 bits per heavy atom. The highest BCUT2D eigenvalue weighted by atomic mass is 16.5. The van der Waals surface area contributed by atoms with Gasteiger partial charge in [0, 0.05) is 37.8 Å². The molecule has 102 valence electrons. The number of nitrogens with one attached hydrogen (secondary N) is 1. The fraction of sp³-hybridized carbons (Fsp3) is 0.400. The topological polar surface area (TPSA) is 58.6 Å². The van der Waals surface area contributed by atoms with Gasteiger partial charge < -0.3 is 15.2 Å². The molecule has 0 aliphatic carbocycles. The first-order valence-corrected chi connectivity index (χ1v) is 6.25. The second-order valence-electron chi connectivity index (χ2n) is 4.00. The molecule has 1 rings (SSSR count). The lowest BCUT2D eigenvalue weighted by molar-refractivity contribution is -0.116. The van der Waals surface area contributed by atoms with Crippen molar-refractivity contribution in [1.29, 1.82) is 0 Å². The highest BCUT2D eigenvalue weighted by Crippen LogP contribution is 2.10. The van der Waals surface area contributed by atoms with Crippen LogP contribution in [0.2, 0.25) is 0 Å². The standard InChI is InChI=1S/C15H19NO3/c1-19-11-5-9-15(18)16-14-8-4-7-13(12-14)6-2-3-10-17/h4,7-8,12,17H,3,5,9-11H2,1H3,(H,16,18). The third-order valence-electron chi connectivity index (χ3n) is 2.37. The number of amides is 1. The molecule has 1 amide bonds. The van der Waals surface area contributed by atoms with Gasteiger partial charge >= 0.3 is 0 Å². The molecule has 4 nitrogen and oxygen atoms in total. The highest BCUT2D eigenvalue weighted by molar-refractivity contribution is 5.90. The summed E-state index contributed by atoms with van der Waals surface area (Å²) >= 11 is 0. The second-order valence-corrected chi connectivity index (χ2v) is 4.00. The minimum atomic E-state index is -0.0301. The van der Waals surface area contributed by atoms with Gasteiger partial charge in [0.2, 0.25) is 5.91 Å². The lowest BCUT2D eigenvalue weighted by atomic mass is 10.2. The Morgan fingerprint density at radius 2 is 2.32 bits per heavy atom. The number of rotatable bonds is 6. The fourth-order valence-corrected chi connectivity index (χ4v) is 1.50. The van der Waals surface area contributed by atoms with E-state index in [1.165, 1.54) is 0 Å². The molecule has 0 spiro atoms. The van der Waals surface area contributed by atoms with Gasteiger partial charge in [0.05, 0.1) is 6.61 Å². The molecule has 0 radical (unpaired) electrons. The molecule has 0 saturated heterocycles. The Hall–Kier alpha value is -1.83. The van der Waals surface area contributed by atoms with Crippen molar-refractivity contribution in [2.45, 2.75) is 19.3 Å². The average Bonchev–Trinajstić information content (AvgIpc) is 2.40. The first-order valence-electron chi connectivity index (χ1n) is 6.25. The van der Waals surface area contributed by atoms with Crippen LogP contribution in [-0.2, 0) is 9.53 Å². The molecule has 1 aromatic rings. The van der Waals surface area contributed by atoms with Crippen molar-refractivity contribution in [2.24, 2.45) is 0 Å². The number of aliphatic hydroxyl groups is 1. The molecule has 0 saturated carbocycles. The van der Waals surface area contributed by atoms with Crippen LogP contribution in [0.1, 0.15) is 24.8 Å². The van der Waals surface area contributed by atoms with Crippen molar-refractivity contribution in [3.05, 3.63) is 29.8 Å². The van der Waals surface area contributed by atoms with Crippen LogP contribution in [0, 0.1) is 11.8 Å². The monoisotopic (exact) mass is 261 g/mol. The minimum absolute atomic E-state index is 0.0301. The van der Waals surface area contributed by atoms with E-state index in [1.54, 1.807) is 7.11 Å². The van der Waals surface area contributed by atoms with Crippen molar-refractivity contribution in [3.63, 3.8) is 0 Å². The zero-order valence-corrected chi connectivity index (χ0v) is 11.1. The van der Waals surface area contributed by atoms with E-state index in [9.17, 15) is 4.79 Å². The number of carbonyl (C=O) groups is 1. The maximum Gasteiger partial charge on any atom is 0.224 e. The number of carbonyl (C=O) groups excluding carboxylic acids is 1. The Kier molecular flexibility index (Phi) is 7.33. The van der Waals surface area contributed by atoms with Gasteiger partial charge in [-0.3, -0.25) is 4.79 Å². The number of hydrogen-bond acceptors (Lipinski definition) is 3. The summed E-state index contributed by atoms with van der Waals surface area (Å²) < 4.78 is 4.90. The molecule has 4 heteroatoms. The molecule has 0 unspecified atom stereocenters. The fourth-order valence-electron chi connectivity index (χ4n) is 1.50. The number of hydrogen-bond donors (Lipinski definition) is 2. The average molecular weight is 261 g/mol. The lowest BCUT2D eigenvalue weighted by Crippen LogP contribution is -2.12. The number of benzene rings is 1. The summed E-state index contributed by atoms with van der Waals surface area (Å²) in [6, 6.07) is 7.35. The van der Waals surface area contributed by atoms with Crippen molar-refractivity contribution in [3.8, 4) is 11.8 Å². The number of ether oxygens (including phenoxy) is 1. The van der Waals surface area contributed by atoms with Gasteiger partial charge in [-0.1, -0.05) is 17.9 Å². The van der Waals surface area contributed by atoms with Crippen molar-refractivity contribution in [1.82, 2.24) is 0 Å². The van der Waals surface area contributed by atoms with Crippen LogP contribution >= 0.6 is 0 Å². The molecule has 0 bridgehead atoms. The first-order chi connectivity index (χ1) is 9.26. The molecule has 0 aliphatic rings. The SMILES string of the molecule is COCCCC(=O)Nc1cccc(C#CCCO)c1. The van der Waals surface area contributed by atoms with Gasteiger partial charge in [0.15, 0.2) is 0 Å². The van der Waals surface area contributed by atoms with Crippen molar-refractivity contribution >= 4 is 11.6 Å². The Labute approximate surface area is 113 Å². The molecule has 1 aromatic carbocycles. The number of aliphatic hydroxyl groups excluding tert-OH is 1. The van der Waals surface area contributed by atoms with Crippen molar-refractivity contribution < 1.29 is 14.6 Å². The predicted octanol–water partition coefficient (Wildman–Crippen LogP) is 1.79. The summed E-state index contributed by atoms with van der Waals surface area (Å²) in [7, 11) is 1.62. The zero-order valence-electron chi connectivity index (χ0n) is 11.1. The quantitative estimate of drug-likeness (QED) is 0.606. The molecule has 19 heavy (non-hydrogen) atoms. The Balaban J connectivity index is 2.52. The highest BCUT2D eigenvalue weighted by Gasteiger charge is 2.02. The maximum atomic E-state index is 11.6. The summed E-state index contributed by atoms with van der Waals surface area (Å²) in [5, 5.41) is 11.5. The van der Waals surface area contributed by atoms with Crippen LogP contribution in [-0.4, -0.2) is 31.3 Å². The summed E-state index contributed by atoms with van der Waals surface area (Å²) in [6.07, 6.45) is 1.60. The first kappa shape index (κ1) is 15.2. The molecular weight excluding hydrogens is 242 g/mol. The Morgan fingerprint density at radius 3 is 3.05 bits per heavy atom.